The summed E-state index contributed by atoms with van der Waals surface area (Å²) >= 11 is 0. The molecule has 16 heteroatoms. The lowest BCUT2D eigenvalue weighted by Gasteiger charge is -2.22. The average Bonchev–Trinajstić information content (AvgIpc) is 2.87. The van der Waals surface area contributed by atoms with Crippen molar-refractivity contribution in [3.05, 3.63) is 118 Å². The first kappa shape index (κ1) is 31.2. The van der Waals surface area contributed by atoms with Gasteiger partial charge in [-0.2, -0.15) is 26.3 Å². The van der Waals surface area contributed by atoms with Gasteiger partial charge in [0, 0.05) is 18.2 Å². The molecule has 0 amide bonds. The zero-order valence-corrected chi connectivity index (χ0v) is 20.6. The van der Waals surface area contributed by atoms with Crippen LogP contribution < -0.4 is 14.2 Å². The molecule has 43 heavy (non-hydrogen) atoms. The van der Waals surface area contributed by atoms with Gasteiger partial charge in [-0.15, -0.1) is 0 Å². The van der Waals surface area contributed by atoms with Crippen molar-refractivity contribution in [3.8, 4) is 23.0 Å². The van der Waals surface area contributed by atoms with Crippen LogP contribution in [0, 0.1) is 34.9 Å². The highest BCUT2D eigenvalue weighted by Crippen LogP contribution is 2.40. The summed E-state index contributed by atoms with van der Waals surface area (Å²) in [5.74, 6) is -15.4. The van der Waals surface area contributed by atoms with E-state index in [-0.39, 0.29) is 30.3 Å². The van der Waals surface area contributed by atoms with Gasteiger partial charge in [-0.25, -0.2) is 26.3 Å². The second-order valence-corrected chi connectivity index (χ2v) is 8.51. The molecule has 0 fully saturated rings. The van der Waals surface area contributed by atoms with Gasteiger partial charge in [-0.3, -0.25) is 0 Å². The first-order valence-electron chi connectivity index (χ1n) is 11.3. The molecule has 4 aromatic carbocycles. The largest absolute Gasteiger partial charge is 0.508 e. The molecule has 0 heterocycles. The molecule has 0 unspecified atom stereocenters. The SMILES string of the molecule is Oc1ccc(C(F)(F)Oc2ccc(C(F)(F)Oc3ccc(OC(F)(F)c4cc(F)c(F)c(F)c4)c(F)c3)c(F)c2)c(F)c1. The zero-order valence-electron chi connectivity index (χ0n) is 20.6. The van der Waals surface area contributed by atoms with E-state index in [0.29, 0.717) is 36.4 Å². The van der Waals surface area contributed by atoms with Crippen LogP contribution in [-0.4, -0.2) is 5.11 Å². The van der Waals surface area contributed by atoms with Crippen LogP contribution in [0.2, 0.25) is 0 Å². The summed E-state index contributed by atoms with van der Waals surface area (Å²) in [4.78, 5) is 0. The molecule has 4 rings (SSSR count). The molecular weight excluding hydrogens is 616 g/mol. The number of benzene rings is 4. The second kappa shape index (κ2) is 11.1. The molecule has 4 aromatic rings. The van der Waals surface area contributed by atoms with Crippen molar-refractivity contribution in [2.75, 3.05) is 0 Å². The summed E-state index contributed by atoms with van der Waals surface area (Å²) in [6.07, 6.45) is -13.7. The van der Waals surface area contributed by atoms with Crippen molar-refractivity contribution in [2.45, 2.75) is 18.3 Å². The maximum Gasteiger partial charge on any atom is 0.429 e. The molecule has 0 saturated heterocycles. The molecule has 0 aromatic heterocycles. The third kappa shape index (κ3) is 6.67. The summed E-state index contributed by atoms with van der Waals surface area (Å²) in [6, 6.07) is 2.99. The standard InChI is InChI=1S/C27H12F12O4/c28-18-9-13(40)1-4-16(18)26(36,37)41-14-2-5-17(19(29)10-14)27(38,39)42-15-3-6-23(20(30)11-15)43-25(34,35)12-7-21(31)24(33)22(32)8-12/h1-11,40H. The van der Waals surface area contributed by atoms with Gasteiger partial charge in [0.1, 0.15) is 40.0 Å². The Hall–Kier alpha value is -4.76. The highest BCUT2D eigenvalue weighted by molar-refractivity contribution is 5.37. The quantitative estimate of drug-likeness (QED) is 0.149. The third-order valence-electron chi connectivity index (χ3n) is 5.47. The van der Waals surface area contributed by atoms with E-state index < -0.39 is 92.9 Å². The fourth-order valence-electron chi connectivity index (χ4n) is 3.49. The summed E-state index contributed by atoms with van der Waals surface area (Å²) in [6.45, 7) is 0. The Morgan fingerprint density at radius 3 is 1.42 bits per heavy atom. The number of ether oxygens (including phenoxy) is 3. The first-order valence-corrected chi connectivity index (χ1v) is 11.3. The smallest absolute Gasteiger partial charge is 0.429 e. The highest BCUT2D eigenvalue weighted by Gasteiger charge is 2.41. The van der Waals surface area contributed by atoms with Crippen LogP contribution in [0.1, 0.15) is 16.7 Å². The minimum absolute atomic E-state index is 0.0829. The molecular formula is C27H12F12O4. The van der Waals surface area contributed by atoms with E-state index in [1.807, 2.05) is 0 Å². The van der Waals surface area contributed by atoms with Crippen LogP contribution in [-0.2, 0) is 18.3 Å². The molecule has 0 aliphatic rings. The monoisotopic (exact) mass is 628 g/mol. The molecule has 1 N–H and O–H groups in total. The number of halogens is 12. The van der Waals surface area contributed by atoms with Crippen LogP contribution in [0.4, 0.5) is 52.7 Å². The maximum atomic E-state index is 14.7. The van der Waals surface area contributed by atoms with Crippen molar-refractivity contribution < 1.29 is 72.0 Å². The predicted octanol–water partition coefficient (Wildman–Crippen LogP) is 8.61. The Labute approximate surface area is 232 Å². The second-order valence-electron chi connectivity index (χ2n) is 8.51. The van der Waals surface area contributed by atoms with E-state index in [2.05, 4.69) is 14.2 Å². The summed E-state index contributed by atoms with van der Waals surface area (Å²) in [5, 5.41) is 9.13. The maximum absolute atomic E-state index is 14.7. The molecule has 0 atom stereocenters. The lowest BCUT2D eigenvalue weighted by atomic mass is 10.1. The molecule has 0 radical (unpaired) electrons. The Morgan fingerprint density at radius 2 is 0.930 bits per heavy atom. The Bertz CT molecular complexity index is 1650. The Kier molecular flexibility index (Phi) is 8.08. The highest BCUT2D eigenvalue weighted by atomic mass is 19.3. The number of phenolic OH excluding ortho intramolecular Hbond substituents is 1. The van der Waals surface area contributed by atoms with E-state index in [1.165, 1.54) is 0 Å². The van der Waals surface area contributed by atoms with Crippen LogP contribution >= 0.6 is 0 Å². The van der Waals surface area contributed by atoms with Gasteiger partial charge in [0.2, 0.25) is 0 Å². The van der Waals surface area contributed by atoms with Gasteiger partial charge in [0.25, 0.3) is 0 Å². The lowest BCUT2D eigenvalue weighted by molar-refractivity contribution is -0.191. The number of rotatable bonds is 9. The lowest BCUT2D eigenvalue weighted by Crippen LogP contribution is -2.25. The van der Waals surface area contributed by atoms with Gasteiger partial charge >= 0.3 is 18.3 Å². The van der Waals surface area contributed by atoms with Crippen molar-refractivity contribution in [1.82, 2.24) is 0 Å². The minimum atomic E-state index is -4.64. The fourth-order valence-corrected chi connectivity index (χ4v) is 3.49. The summed E-state index contributed by atoms with van der Waals surface area (Å²) in [5.41, 5.74) is -4.50. The van der Waals surface area contributed by atoms with Gasteiger partial charge in [0.05, 0.1) is 5.56 Å². The van der Waals surface area contributed by atoms with E-state index in [1.54, 1.807) is 0 Å². The third-order valence-corrected chi connectivity index (χ3v) is 5.47. The van der Waals surface area contributed by atoms with Gasteiger partial charge in [-0.1, -0.05) is 0 Å². The van der Waals surface area contributed by atoms with Crippen LogP contribution in [0.5, 0.6) is 23.0 Å². The number of phenols is 1. The number of hydrogen-bond donors (Lipinski definition) is 1. The molecule has 0 aliphatic heterocycles. The molecule has 0 aliphatic carbocycles. The number of alkyl halides is 6. The summed E-state index contributed by atoms with van der Waals surface area (Å²) in [7, 11) is 0. The summed E-state index contributed by atoms with van der Waals surface area (Å²) < 4.78 is 181. The minimum Gasteiger partial charge on any atom is -0.508 e. The molecule has 4 nitrogen and oxygen atoms in total. The van der Waals surface area contributed by atoms with Gasteiger partial charge < -0.3 is 19.3 Å². The van der Waals surface area contributed by atoms with Crippen LogP contribution in [0.3, 0.4) is 0 Å². The Balaban J connectivity index is 1.50. The van der Waals surface area contributed by atoms with E-state index >= 15 is 0 Å². The van der Waals surface area contributed by atoms with Crippen LogP contribution in [0.15, 0.2) is 66.7 Å². The zero-order chi connectivity index (χ0) is 31.9. The predicted molar refractivity (Wildman–Crippen MR) is 121 cm³/mol. The van der Waals surface area contributed by atoms with E-state index in [4.69, 9.17) is 5.11 Å². The average molecular weight is 628 g/mol. The normalized spacial score (nSPS) is 12.3. The molecule has 0 bridgehead atoms. The number of aromatic hydroxyl groups is 1. The molecule has 0 spiro atoms. The van der Waals surface area contributed by atoms with Crippen molar-refractivity contribution in [1.29, 1.82) is 0 Å². The van der Waals surface area contributed by atoms with E-state index in [9.17, 15) is 52.7 Å². The van der Waals surface area contributed by atoms with E-state index in [0.717, 1.165) is 0 Å². The van der Waals surface area contributed by atoms with Gasteiger partial charge in [0.15, 0.2) is 29.0 Å². The topological polar surface area (TPSA) is 47.9 Å². The first-order chi connectivity index (χ1) is 19.9. The molecule has 228 valence electrons. The van der Waals surface area contributed by atoms with Crippen molar-refractivity contribution in [2.24, 2.45) is 0 Å². The Morgan fingerprint density at radius 1 is 0.465 bits per heavy atom. The van der Waals surface area contributed by atoms with Crippen molar-refractivity contribution >= 4 is 0 Å². The number of hydrogen-bond acceptors (Lipinski definition) is 4. The molecule has 0 saturated carbocycles. The van der Waals surface area contributed by atoms with Crippen molar-refractivity contribution in [3.63, 3.8) is 0 Å². The fraction of sp³-hybridized carbons (Fsp3) is 0.111. The van der Waals surface area contributed by atoms with Crippen LogP contribution in [0.25, 0.3) is 0 Å². The van der Waals surface area contributed by atoms with Gasteiger partial charge in [-0.05, 0) is 48.5 Å².